The molecule has 20 heavy (non-hydrogen) atoms. The molecule has 1 aromatic rings. The van der Waals surface area contributed by atoms with Crippen LogP contribution in [-0.2, 0) is 4.79 Å². The number of aliphatic carboxylic acids is 1. The van der Waals surface area contributed by atoms with Gasteiger partial charge in [-0.1, -0.05) is 0 Å². The SMILES string of the molecule is CC(C)(NC(=O)c1cc(F)cc([N+](=O)[O-])c1Br)C(=O)O. The molecule has 0 saturated heterocycles. The molecule has 0 bridgehead atoms. The highest BCUT2D eigenvalue weighted by atomic mass is 79.9. The molecule has 7 nitrogen and oxygen atoms in total. The van der Waals surface area contributed by atoms with Crippen molar-refractivity contribution < 1.29 is 24.0 Å². The van der Waals surface area contributed by atoms with Crippen molar-refractivity contribution in [2.24, 2.45) is 0 Å². The first-order valence-electron chi connectivity index (χ1n) is 5.25. The van der Waals surface area contributed by atoms with E-state index in [2.05, 4.69) is 21.2 Å². The van der Waals surface area contributed by atoms with Crippen LogP contribution in [0.15, 0.2) is 16.6 Å². The molecule has 0 aliphatic rings. The molecule has 2 N–H and O–H groups in total. The first-order valence-corrected chi connectivity index (χ1v) is 6.05. The molecular weight excluding hydrogens is 339 g/mol. The zero-order chi connectivity index (χ0) is 15.7. The monoisotopic (exact) mass is 348 g/mol. The largest absolute Gasteiger partial charge is 0.480 e. The molecule has 0 aliphatic carbocycles. The van der Waals surface area contributed by atoms with Crippen molar-refractivity contribution in [3.05, 3.63) is 38.1 Å². The second-order valence-electron chi connectivity index (χ2n) is 4.43. The number of hydrogen-bond donors (Lipinski definition) is 2. The van der Waals surface area contributed by atoms with Crippen LogP contribution < -0.4 is 5.32 Å². The lowest BCUT2D eigenvalue weighted by molar-refractivity contribution is -0.385. The van der Waals surface area contributed by atoms with Gasteiger partial charge in [0.05, 0.1) is 16.6 Å². The van der Waals surface area contributed by atoms with E-state index in [9.17, 15) is 24.1 Å². The van der Waals surface area contributed by atoms with Crippen LogP contribution in [-0.4, -0.2) is 27.4 Å². The molecule has 1 aromatic carbocycles. The highest BCUT2D eigenvalue weighted by molar-refractivity contribution is 9.10. The normalized spacial score (nSPS) is 11.0. The Bertz CT molecular complexity index is 603. The molecule has 0 saturated carbocycles. The summed E-state index contributed by atoms with van der Waals surface area (Å²) < 4.78 is 13.1. The minimum Gasteiger partial charge on any atom is -0.480 e. The van der Waals surface area contributed by atoms with Gasteiger partial charge in [-0.3, -0.25) is 14.9 Å². The van der Waals surface area contributed by atoms with E-state index in [-0.39, 0.29) is 10.0 Å². The standard InChI is InChI=1S/C11H10BrFN2O5/c1-11(2,10(17)18)14-9(16)6-3-5(13)4-7(8(6)12)15(19)20/h3-4H,1-2H3,(H,14,16)(H,17,18). The maximum absolute atomic E-state index is 13.3. The maximum atomic E-state index is 13.3. The van der Waals surface area contributed by atoms with Crippen molar-refractivity contribution in [1.29, 1.82) is 0 Å². The lowest BCUT2D eigenvalue weighted by Gasteiger charge is -2.21. The molecule has 0 fully saturated rings. The second kappa shape index (κ2) is 5.53. The van der Waals surface area contributed by atoms with Gasteiger partial charge in [-0.2, -0.15) is 0 Å². The van der Waals surface area contributed by atoms with Crippen molar-refractivity contribution in [1.82, 2.24) is 5.32 Å². The fraction of sp³-hybridized carbons (Fsp3) is 0.273. The molecule has 0 heterocycles. The number of nitrogens with zero attached hydrogens (tertiary/aromatic N) is 1. The number of hydrogen-bond acceptors (Lipinski definition) is 4. The fourth-order valence-corrected chi connectivity index (χ4v) is 1.83. The number of nitro benzene ring substituents is 1. The highest BCUT2D eigenvalue weighted by Gasteiger charge is 2.31. The van der Waals surface area contributed by atoms with Crippen molar-refractivity contribution >= 4 is 33.5 Å². The molecule has 9 heteroatoms. The van der Waals surface area contributed by atoms with E-state index in [0.717, 1.165) is 6.07 Å². The Balaban J connectivity index is 3.24. The zero-order valence-electron chi connectivity index (χ0n) is 10.4. The van der Waals surface area contributed by atoms with E-state index in [1.165, 1.54) is 13.8 Å². The molecular formula is C11H10BrFN2O5. The van der Waals surface area contributed by atoms with Crippen molar-refractivity contribution in [3.8, 4) is 0 Å². The molecule has 0 aliphatic heterocycles. The minimum absolute atomic E-state index is 0.220. The lowest BCUT2D eigenvalue weighted by Crippen LogP contribution is -2.49. The molecule has 0 unspecified atom stereocenters. The van der Waals surface area contributed by atoms with Crippen LogP contribution in [0.25, 0.3) is 0 Å². The van der Waals surface area contributed by atoms with Crippen LogP contribution in [0, 0.1) is 15.9 Å². The molecule has 0 spiro atoms. The number of nitro groups is 1. The number of carbonyl (C=O) groups is 2. The van der Waals surface area contributed by atoms with Gasteiger partial charge in [-0.15, -0.1) is 0 Å². The van der Waals surface area contributed by atoms with Crippen LogP contribution in [0.3, 0.4) is 0 Å². The first kappa shape index (κ1) is 16.0. The highest BCUT2D eigenvalue weighted by Crippen LogP contribution is 2.30. The molecule has 0 atom stereocenters. The van der Waals surface area contributed by atoms with Crippen molar-refractivity contribution in [2.75, 3.05) is 0 Å². The van der Waals surface area contributed by atoms with E-state index < -0.39 is 33.8 Å². The number of carboxylic acid groups (broad SMARTS) is 1. The molecule has 1 amide bonds. The van der Waals surface area contributed by atoms with Gasteiger partial charge in [0.25, 0.3) is 11.6 Å². The number of rotatable bonds is 4. The number of benzene rings is 1. The number of carboxylic acids is 1. The first-order chi connectivity index (χ1) is 9.06. The topological polar surface area (TPSA) is 110 Å². The minimum atomic E-state index is -1.60. The van der Waals surface area contributed by atoms with Gasteiger partial charge in [0.15, 0.2) is 0 Å². The van der Waals surface area contributed by atoms with Gasteiger partial charge >= 0.3 is 5.97 Å². The Kier molecular flexibility index (Phi) is 4.43. The molecule has 108 valence electrons. The van der Waals surface area contributed by atoms with Gasteiger partial charge in [0, 0.05) is 0 Å². The summed E-state index contributed by atoms with van der Waals surface area (Å²) in [5, 5.41) is 21.8. The van der Waals surface area contributed by atoms with Gasteiger partial charge in [0.2, 0.25) is 0 Å². The quantitative estimate of drug-likeness (QED) is 0.639. The van der Waals surface area contributed by atoms with E-state index in [1.54, 1.807) is 0 Å². The van der Waals surface area contributed by atoms with E-state index in [0.29, 0.717) is 6.07 Å². The summed E-state index contributed by atoms with van der Waals surface area (Å²) >= 11 is 2.84. The van der Waals surface area contributed by atoms with E-state index in [1.807, 2.05) is 0 Å². The van der Waals surface area contributed by atoms with Crippen LogP contribution in [0.5, 0.6) is 0 Å². The summed E-state index contributed by atoms with van der Waals surface area (Å²) in [5.74, 6) is -3.21. The number of amides is 1. The third-order valence-electron chi connectivity index (χ3n) is 2.42. The van der Waals surface area contributed by atoms with Gasteiger partial charge in [0.1, 0.15) is 15.8 Å². The van der Waals surface area contributed by atoms with Crippen LogP contribution >= 0.6 is 15.9 Å². The zero-order valence-corrected chi connectivity index (χ0v) is 12.0. The van der Waals surface area contributed by atoms with E-state index >= 15 is 0 Å². The van der Waals surface area contributed by atoms with Crippen molar-refractivity contribution in [2.45, 2.75) is 19.4 Å². The van der Waals surface area contributed by atoms with Crippen LogP contribution in [0.2, 0.25) is 0 Å². The molecule has 1 rings (SSSR count). The maximum Gasteiger partial charge on any atom is 0.328 e. The average Bonchev–Trinajstić information content (AvgIpc) is 2.30. The summed E-state index contributed by atoms with van der Waals surface area (Å²) in [7, 11) is 0. The van der Waals surface area contributed by atoms with Crippen LogP contribution in [0.4, 0.5) is 10.1 Å². The fourth-order valence-electron chi connectivity index (χ4n) is 1.28. The summed E-state index contributed by atoms with van der Waals surface area (Å²) in [5.41, 5.74) is -2.58. The third-order valence-corrected chi connectivity index (χ3v) is 3.25. The van der Waals surface area contributed by atoms with Gasteiger partial charge < -0.3 is 10.4 Å². The summed E-state index contributed by atoms with van der Waals surface area (Å²) in [6, 6.07) is 1.44. The Morgan fingerprint density at radius 1 is 1.45 bits per heavy atom. The Morgan fingerprint density at radius 3 is 2.45 bits per heavy atom. The van der Waals surface area contributed by atoms with E-state index in [4.69, 9.17) is 5.11 Å². The second-order valence-corrected chi connectivity index (χ2v) is 5.22. The Hall–Kier alpha value is -2.03. The lowest BCUT2D eigenvalue weighted by atomic mass is 10.0. The number of halogens is 2. The summed E-state index contributed by atoms with van der Waals surface area (Å²) in [6.45, 7) is 2.46. The number of nitrogens with one attached hydrogen (secondary N) is 1. The Labute approximate surface area is 121 Å². The third kappa shape index (κ3) is 3.29. The number of carbonyl (C=O) groups excluding carboxylic acids is 1. The molecule has 0 aromatic heterocycles. The predicted octanol–water partition coefficient (Wildman–Crippen LogP) is 2.09. The van der Waals surface area contributed by atoms with Crippen LogP contribution in [0.1, 0.15) is 24.2 Å². The smallest absolute Gasteiger partial charge is 0.328 e. The predicted molar refractivity (Wildman–Crippen MR) is 69.9 cm³/mol. The summed E-state index contributed by atoms with van der Waals surface area (Å²) in [6.07, 6.45) is 0. The average molecular weight is 349 g/mol. The summed E-state index contributed by atoms with van der Waals surface area (Å²) in [4.78, 5) is 32.7. The Morgan fingerprint density at radius 2 is 2.00 bits per heavy atom. The van der Waals surface area contributed by atoms with Gasteiger partial charge in [-0.05, 0) is 35.8 Å². The molecule has 0 radical (unpaired) electrons. The van der Waals surface area contributed by atoms with Crippen molar-refractivity contribution in [3.63, 3.8) is 0 Å². The van der Waals surface area contributed by atoms with Gasteiger partial charge in [-0.25, -0.2) is 9.18 Å².